The van der Waals surface area contributed by atoms with Crippen LogP contribution in [0.5, 0.6) is 0 Å². The molecule has 0 bridgehead atoms. The van der Waals surface area contributed by atoms with E-state index < -0.39 is 11.9 Å². The molecule has 2 aromatic rings. The average Bonchev–Trinajstić information content (AvgIpc) is 2.67. The number of rotatable bonds is 6. The minimum absolute atomic E-state index is 0.107. The Labute approximate surface area is 148 Å². The highest BCUT2D eigenvalue weighted by Gasteiger charge is 2.18. The zero-order valence-corrected chi connectivity index (χ0v) is 13.8. The van der Waals surface area contributed by atoms with Gasteiger partial charge in [-0.15, -0.1) is 0 Å². The van der Waals surface area contributed by atoms with Crippen LogP contribution in [-0.4, -0.2) is 70.0 Å². The van der Waals surface area contributed by atoms with Crippen molar-refractivity contribution in [2.75, 3.05) is 43.1 Å². The summed E-state index contributed by atoms with van der Waals surface area (Å²) >= 11 is 0. The lowest BCUT2D eigenvalue weighted by molar-refractivity contribution is -0.134. The molecule has 0 radical (unpaired) electrons. The van der Waals surface area contributed by atoms with Gasteiger partial charge in [0.15, 0.2) is 5.82 Å². The third-order valence-corrected chi connectivity index (χ3v) is 3.68. The van der Waals surface area contributed by atoms with Crippen molar-refractivity contribution in [3.8, 4) is 11.4 Å². The minimum Gasteiger partial charge on any atom is -0.480 e. The van der Waals surface area contributed by atoms with Crippen LogP contribution in [0.4, 0.5) is 11.9 Å². The Morgan fingerprint density at radius 3 is 2.62 bits per heavy atom. The largest absolute Gasteiger partial charge is 0.480 e. The van der Waals surface area contributed by atoms with Crippen LogP contribution in [0.1, 0.15) is 10.4 Å². The van der Waals surface area contributed by atoms with Gasteiger partial charge in [0.25, 0.3) is 0 Å². The maximum absolute atomic E-state index is 11.2. The standard InChI is InChI=1S/C16H17N5O5/c22-12(23)9-17-15-18-13(10-2-1-3-11(8-10)14(24)25)19-16(20-15)21-4-6-26-7-5-21/h1-3,8H,4-7,9H2,(H,22,23)(H,24,25)(H,17,18,19,20). The number of carbonyl (C=O) groups is 2. The van der Waals surface area contributed by atoms with Gasteiger partial charge in [-0.25, -0.2) is 4.79 Å². The second-order valence-electron chi connectivity index (χ2n) is 5.52. The molecule has 0 aliphatic carbocycles. The van der Waals surface area contributed by atoms with E-state index in [-0.39, 0.29) is 23.9 Å². The van der Waals surface area contributed by atoms with Gasteiger partial charge in [-0.3, -0.25) is 4.79 Å². The molecule has 0 atom stereocenters. The van der Waals surface area contributed by atoms with Gasteiger partial charge >= 0.3 is 11.9 Å². The van der Waals surface area contributed by atoms with Crippen molar-refractivity contribution in [2.24, 2.45) is 0 Å². The number of nitrogens with one attached hydrogen (secondary N) is 1. The molecular formula is C16H17N5O5. The van der Waals surface area contributed by atoms with Gasteiger partial charge in [0.2, 0.25) is 11.9 Å². The number of aromatic nitrogens is 3. The van der Waals surface area contributed by atoms with E-state index in [2.05, 4.69) is 20.3 Å². The van der Waals surface area contributed by atoms with E-state index in [9.17, 15) is 9.59 Å². The molecule has 1 aromatic carbocycles. The summed E-state index contributed by atoms with van der Waals surface area (Å²) < 4.78 is 5.32. The van der Waals surface area contributed by atoms with E-state index in [0.29, 0.717) is 37.8 Å². The number of aromatic carboxylic acids is 1. The molecule has 10 nitrogen and oxygen atoms in total. The molecule has 1 aliphatic rings. The number of ether oxygens (including phenoxy) is 1. The van der Waals surface area contributed by atoms with E-state index >= 15 is 0 Å². The molecule has 0 spiro atoms. The first-order valence-electron chi connectivity index (χ1n) is 7.91. The normalized spacial score (nSPS) is 14.1. The highest BCUT2D eigenvalue weighted by atomic mass is 16.5. The summed E-state index contributed by atoms with van der Waals surface area (Å²) in [4.78, 5) is 36.8. The predicted octanol–water partition coefficient (Wildman–Crippen LogP) is 0.570. The molecule has 10 heteroatoms. The van der Waals surface area contributed by atoms with Crippen LogP contribution in [0, 0.1) is 0 Å². The lowest BCUT2D eigenvalue weighted by Gasteiger charge is -2.27. The molecular weight excluding hydrogens is 342 g/mol. The fourth-order valence-electron chi connectivity index (χ4n) is 2.42. The van der Waals surface area contributed by atoms with Gasteiger partial charge in [0.05, 0.1) is 18.8 Å². The van der Waals surface area contributed by atoms with Gasteiger partial charge in [-0.2, -0.15) is 15.0 Å². The van der Waals surface area contributed by atoms with Gasteiger partial charge in [-0.05, 0) is 12.1 Å². The van der Waals surface area contributed by atoms with E-state index in [1.165, 1.54) is 12.1 Å². The number of benzene rings is 1. The number of carboxylic acid groups (broad SMARTS) is 2. The van der Waals surface area contributed by atoms with Crippen molar-refractivity contribution in [1.82, 2.24) is 15.0 Å². The zero-order chi connectivity index (χ0) is 18.5. The Morgan fingerprint density at radius 1 is 1.15 bits per heavy atom. The molecule has 1 aliphatic heterocycles. The molecule has 3 rings (SSSR count). The number of aliphatic carboxylic acids is 1. The topological polar surface area (TPSA) is 138 Å². The second-order valence-corrected chi connectivity index (χ2v) is 5.52. The molecule has 0 saturated carbocycles. The predicted molar refractivity (Wildman–Crippen MR) is 91.4 cm³/mol. The maximum atomic E-state index is 11.2. The third kappa shape index (κ3) is 4.22. The fourth-order valence-corrected chi connectivity index (χ4v) is 2.42. The Bertz CT molecular complexity index is 822. The Balaban J connectivity index is 1.99. The number of nitrogens with zero attached hydrogens (tertiary/aromatic N) is 4. The van der Waals surface area contributed by atoms with Gasteiger partial charge in [0, 0.05) is 18.7 Å². The van der Waals surface area contributed by atoms with Crippen LogP contribution in [0.3, 0.4) is 0 Å². The van der Waals surface area contributed by atoms with Crippen molar-refractivity contribution in [3.63, 3.8) is 0 Å². The minimum atomic E-state index is -1.06. The van der Waals surface area contributed by atoms with Crippen molar-refractivity contribution in [2.45, 2.75) is 0 Å². The fraction of sp³-hybridized carbons (Fsp3) is 0.312. The van der Waals surface area contributed by atoms with Crippen LogP contribution >= 0.6 is 0 Å². The SMILES string of the molecule is O=C(O)CNc1nc(-c2cccc(C(=O)O)c2)nc(N2CCOCC2)n1. The number of anilines is 2. The lowest BCUT2D eigenvalue weighted by atomic mass is 10.1. The molecule has 1 saturated heterocycles. The number of morpholine rings is 1. The Kier molecular flexibility index (Phi) is 5.23. The van der Waals surface area contributed by atoms with E-state index in [0.717, 1.165) is 0 Å². The number of hydrogen-bond acceptors (Lipinski definition) is 8. The molecule has 0 unspecified atom stereocenters. The molecule has 0 amide bonds. The van der Waals surface area contributed by atoms with Crippen molar-refractivity contribution in [1.29, 1.82) is 0 Å². The summed E-state index contributed by atoms with van der Waals surface area (Å²) in [5.41, 5.74) is 0.607. The van der Waals surface area contributed by atoms with Crippen molar-refractivity contribution in [3.05, 3.63) is 29.8 Å². The molecule has 2 heterocycles. The summed E-state index contributed by atoms with van der Waals surface area (Å²) in [5, 5.41) is 20.6. The molecule has 26 heavy (non-hydrogen) atoms. The monoisotopic (exact) mass is 359 g/mol. The number of carboxylic acids is 2. The summed E-state index contributed by atoms with van der Waals surface area (Å²) in [5.74, 6) is -1.35. The summed E-state index contributed by atoms with van der Waals surface area (Å²) in [6, 6.07) is 6.22. The van der Waals surface area contributed by atoms with Crippen LogP contribution in [0.25, 0.3) is 11.4 Å². The summed E-state index contributed by atoms with van der Waals surface area (Å²) in [6.45, 7) is 1.91. The van der Waals surface area contributed by atoms with Gasteiger partial charge in [0.1, 0.15) is 6.54 Å². The zero-order valence-electron chi connectivity index (χ0n) is 13.8. The lowest BCUT2D eigenvalue weighted by Crippen LogP contribution is -2.37. The van der Waals surface area contributed by atoms with Crippen LogP contribution < -0.4 is 10.2 Å². The molecule has 1 fully saturated rings. The molecule has 3 N–H and O–H groups in total. The van der Waals surface area contributed by atoms with E-state index in [1.54, 1.807) is 12.1 Å². The van der Waals surface area contributed by atoms with Gasteiger partial charge in [-0.1, -0.05) is 12.1 Å². The number of hydrogen-bond donors (Lipinski definition) is 3. The van der Waals surface area contributed by atoms with Crippen LogP contribution in [-0.2, 0) is 9.53 Å². The van der Waals surface area contributed by atoms with Crippen molar-refractivity contribution < 1.29 is 24.5 Å². The molecule has 136 valence electrons. The summed E-state index contributed by atoms with van der Waals surface area (Å²) in [7, 11) is 0. The Morgan fingerprint density at radius 2 is 1.92 bits per heavy atom. The van der Waals surface area contributed by atoms with Crippen LogP contribution in [0.2, 0.25) is 0 Å². The summed E-state index contributed by atoms with van der Waals surface area (Å²) in [6.07, 6.45) is 0. The highest BCUT2D eigenvalue weighted by molar-refractivity contribution is 5.89. The van der Waals surface area contributed by atoms with Crippen molar-refractivity contribution >= 4 is 23.8 Å². The average molecular weight is 359 g/mol. The van der Waals surface area contributed by atoms with E-state index in [1.807, 2.05) is 4.90 Å². The van der Waals surface area contributed by atoms with Crippen LogP contribution in [0.15, 0.2) is 24.3 Å². The molecule has 1 aromatic heterocycles. The quantitative estimate of drug-likeness (QED) is 0.671. The first-order valence-corrected chi connectivity index (χ1v) is 7.91. The maximum Gasteiger partial charge on any atom is 0.335 e. The first-order chi connectivity index (χ1) is 12.5. The first kappa shape index (κ1) is 17.5. The van der Waals surface area contributed by atoms with Gasteiger partial charge < -0.3 is 25.2 Å². The van der Waals surface area contributed by atoms with E-state index in [4.69, 9.17) is 14.9 Å². The Hall–Kier alpha value is -3.27. The third-order valence-electron chi connectivity index (χ3n) is 3.68. The smallest absolute Gasteiger partial charge is 0.335 e. The highest BCUT2D eigenvalue weighted by Crippen LogP contribution is 2.21. The second kappa shape index (κ2) is 7.74.